The summed E-state index contributed by atoms with van der Waals surface area (Å²) in [4.78, 5) is 20.7. The van der Waals surface area contributed by atoms with E-state index in [2.05, 4.69) is 0 Å². The summed E-state index contributed by atoms with van der Waals surface area (Å²) in [5.74, 6) is -0.997. The molecule has 2 rings (SSSR count). The van der Waals surface area contributed by atoms with Gasteiger partial charge >= 0.3 is 5.97 Å². The van der Waals surface area contributed by atoms with Gasteiger partial charge in [0, 0.05) is 22.8 Å². The van der Waals surface area contributed by atoms with E-state index in [4.69, 9.17) is 9.84 Å². The van der Waals surface area contributed by atoms with Gasteiger partial charge in [-0.1, -0.05) is 0 Å². The van der Waals surface area contributed by atoms with E-state index >= 15 is 0 Å². The monoisotopic (exact) mass is 430 g/mol. The minimum absolute atomic E-state index is 0.221. The maximum Gasteiger partial charge on any atom is 0.341 e. The first kappa shape index (κ1) is 21.6. The fourth-order valence-corrected chi connectivity index (χ4v) is 3.87. The van der Waals surface area contributed by atoms with Gasteiger partial charge in [-0.05, 0) is 36.4 Å². The van der Waals surface area contributed by atoms with Crippen LogP contribution in [0.1, 0.15) is 0 Å². The van der Waals surface area contributed by atoms with Crippen LogP contribution in [-0.2, 0) is 14.8 Å². The Kier molecular flexibility index (Phi) is 7.31. The fourth-order valence-electron chi connectivity index (χ4n) is 1.96. The van der Waals surface area contributed by atoms with Crippen molar-refractivity contribution in [1.29, 1.82) is 0 Å². The number of nitrogens with zero attached hydrogens (tertiary/aromatic N) is 1. The number of nitro benzene ring substituents is 1. The second kappa shape index (κ2) is 9.48. The highest BCUT2D eigenvalue weighted by Crippen LogP contribution is 2.23. The van der Waals surface area contributed by atoms with E-state index in [-0.39, 0.29) is 16.3 Å². The third-order valence-corrected chi connectivity index (χ3v) is 5.75. The molecule has 2 N–H and O–H groups in total. The number of carboxylic acids is 1. The number of hydrogen-bond acceptors (Lipinski definition) is 7. The number of hydrogen-bond donors (Lipinski definition) is 2. The van der Waals surface area contributed by atoms with Crippen molar-refractivity contribution in [2.45, 2.75) is 16.1 Å². The highest BCUT2D eigenvalue weighted by Gasteiger charge is 2.20. The second-order valence-corrected chi connectivity index (χ2v) is 8.11. The van der Waals surface area contributed by atoms with Crippen LogP contribution in [0.4, 0.5) is 10.1 Å². The Balaban J connectivity index is 1.89. The van der Waals surface area contributed by atoms with E-state index < -0.39 is 33.8 Å². The molecule has 0 heterocycles. The first-order chi connectivity index (χ1) is 13.2. The average molecular weight is 430 g/mol. The fraction of sp³-hybridized carbons (Fsp3) is 0.188. The molecule has 0 saturated carbocycles. The van der Waals surface area contributed by atoms with Gasteiger partial charge < -0.3 is 9.84 Å². The summed E-state index contributed by atoms with van der Waals surface area (Å²) in [7, 11) is -4.17. The predicted molar refractivity (Wildman–Crippen MR) is 98.6 cm³/mol. The zero-order chi connectivity index (χ0) is 20.7. The van der Waals surface area contributed by atoms with Crippen molar-refractivity contribution in [1.82, 2.24) is 4.72 Å². The first-order valence-corrected chi connectivity index (χ1v) is 10.1. The lowest BCUT2D eigenvalue weighted by Crippen LogP contribution is -2.33. The molecule has 2 aromatic rings. The van der Waals surface area contributed by atoms with E-state index in [1.807, 2.05) is 4.72 Å². The van der Waals surface area contributed by atoms with E-state index in [1.54, 1.807) is 12.1 Å². The number of sulfonamides is 1. The Morgan fingerprint density at radius 2 is 1.82 bits per heavy atom. The molecule has 28 heavy (non-hydrogen) atoms. The van der Waals surface area contributed by atoms with E-state index in [0.29, 0.717) is 10.6 Å². The summed E-state index contributed by atoms with van der Waals surface area (Å²) in [5, 5.41) is 19.1. The van der Waals surface area contributed by atoms with Gasteiger partial charge in [-0.15, -0.1) is 11.8 Å². The number of ether oxygens (including phenoxy) is 1. The van der Waals surface area contributed by atoms with Crippen LogP contribution in [0.3, 0.4) is 0 Å². The largest absolute Gasteiger partial charge is 0.482 e. The van der Waals surface area contributed by atoms with Crippen LogP contribution in [0, 0.1) is 10.1 Å². The molecule has 0 radical (unpaired) electrons. The number of nitro groups is 1. The summed E-state index contributed by atoms with van der Waals surface area (Å²) >= 11 is 1.04. The van der Waals surface area contributed by atoms with Gasteiger partial charge in [0.25, 0.3) is 5.69 Å². The minimum atomic E-state index is -4.17. The van der Waals surface area contributed by atoms with Crippen molar-refractivity contribution in [3.05, 3.63) is 58.6 Å². The van der Waals surface area contributed by atoms with Gasteiger partial charge in [-0.2, -0.15) is 4.72 Å². The molecule has 9 nitrogen and oxygen atoms in total. The normalized spacial score (nSPS) is 12.3. The van der Waals surface area contributed by atoms with Gasteiger partial charge in [0.05, 0.1) is 9.82 Å². The van der Waals surface area contributed by atoms with Gasteiger partial charge in [0.1, 0.15) is 5.75 Å². The topological polar surface area (TPSA) is 136 Å². The van der Waals surface area contributed by atoms with Crippen LogP contribution >= 0.6 is 11.8 Å². The molecule has 2 aromatic carbocycles. The molecule has 150 valence electrons. The third-order valence-electron chi connectivity index (χ3n) is 3.22. The molecule has 0 bridgehead atoms. The Labute approximate surface area is 163 Å². The number of non-ortho nitro benzene ring substituents is 1. The molecular weight excluding hydrogens is 415 g/mol. The van der Waals surface area contributed by atoms with Crippen molar-refractivity contribution in [2.24, 2.45) is 0 Å². The van der Waals surface area contributed by atoms with E-state index in [0.717, 1.165) is 36.0 Å². The van der Waals surface area contributed by atoms with Gasteiger partial charge in [0.15, 0.2) is 12.9 Å². The van der Waals surface area contributed by atoms with Crippen LogP contribution in [0.25, 0.3) is 0 Å². The van der Waals surface area contributed by atoms with Crippen molar-refractivity contribution in [2.75, 3.05) is 12.4 Å². The van der Waals surface area contributed by atoms with Crippen LogP contribution in [0.15, 0.2) is 58.3 Å². The molecule has 0 aliphatic heterocycles. The number of carbonyl (C=O) groups is 1. The maximum absolute atomic E-state index is 14.1. The summed E-state index contributed by atoms with van der Waals surface area (Å²) in [6.07, 6.45) is -1.90. The molecular formula is C16H15FN2O7S2. The van der Waals surface area contributed by atoms with Crippen molar-refractivity contribution < 1.29 is 32.4 Å². The van der Waals surface area contributed by atoms with Gasteiger partial charge in [-0.25, -0.2) is 17.6 Å². The number of nitrogens with one attached hydrogen (secondary N) is 1. The van der Waals surface area contributed by atoms with E-state index in [9.17, 15) is 27.7 Å². The lowest BCUT2D eigenvalue weighted by atomic mass is 10.3. The maximum atomic E-state index is 14.1. The Morgan fingerprint density at radius 1 is 1.21 bits per heavy atom. The highest BCUT2D eigenvalue weighted by atomic mass is 32.2. The summed E-state index contributed by atoms with van der Waals surface area (Å²) in [5.41, 5.74) is -0.276. The Hall–Kier alpha value is -2.70. The van der Waals surface area contributed by atoms with Crippen molar-refractivity contribution in [3.8, 4) is 5.75 Å². The number of rotatable bonds is 10. The number of thioether (sulfide) groups is 1. The molecule has 1 atom stereocenters. The number of carboxylic acid groups (broad SMARTS) is 1. The quantitative estimate of drug-likeness (QED) is 0.254. The molecule has 0 aromatic heterocycles. The Morgan fingerprint density at radius 3 is 2.36 bits per heavy atom. The lowest BCUT2D eigenvalue weighted by molar-refractivity contribution is -0.384. The zero-order valence-electron chi connectivity index (χ0n) is 14.1. The second-order valence-electron chi connectivity index (χ2n) is 5.30. The standard InChI is InChI=1S/C16H15FN2O7S2/c17-15(10-27-13-5-3-12(4-6-13)26-9-16(20)21)18-28(24,25)14-7-1-11(2-8-14)19(22)23/h1-8,15,18H,9-10H2,(H,20,21). The molecule has 0 amide bonds. The van der Waals surface area contributed by atoms with E-state index in [1.165, 1.54) is 12.1 Å². The molecule has 0 aliphatic rings. The summed E-state index contributed by atoms with van der Waals surface area (Å²) in [6.45, 7) is -0.483. The van der Waals surface area contributed by atoms with Crippen LogP contribution in [0.2, 0.25) is 0 Å². The first-order valence-electron chi connectivity index (χ1n) is 7.66. The van der Waals surface area contributed by atoms with Crippen molar-refractivity contribution in [3.63, 3.8) is 0 Å². The minimum Gasteiger partial charge on any atom is -0.482 e. The molecule has 0 aliphatic carbocycles. The highest BCUT2D eigenvalue weighted by molar-refractivity contribution is 7.99. The lowest BCUT2D eigenvalue weighted by Gasteiger charge is -2.11. The molecule has 0 fully saturated rings. The van der Waals surface area contributed by atoms with Crippen molar-refractivity contribution >= 4 is 33.4 Å². The molecule has 12 heteroatoms. The molecule has 0 spiro atoms. The van der Waals surface area contributed by atoms with Gasteiger partial charge in [-0.3, -0.25) is 10.1 Å². The summed E-state index contributed by atoms with van der Waals surface area (Å²) in [6, 6.07) is 10.3. The number of aliphatic carboxylic acids is 1. The number of benzene rings is 2. The number of alkyl halides is 1. The summed E-state index contributed by atoms with van der Waals surface area (Å²) < 4.78 is 45.1. The van der Waals surface area contributed by atoms with Gasteiger partial charge in [0.2, 0.25) is 10.0 Å². The van der Waals surface area contributed by atoms with Crippen LogP contribution in [-0.4, -0.2) is 43.1 Å². The average Bonchev–Trinajstić information content (AvgIpc) is 2.65. The zero-order valence-corrected chi connectivity index (χ0v) is 15.8. The van der Waals surface area contributed by atoms with Crippen LogP contribution < -0.4 is 9.46 Å². The molecule has 1 unspecified atom stereocenters. The Bertz CT molecular complexity index is 934. The number of halogens is 1. The predicted octanol–water partition coefficient (Wildman–Crippen LogP) is 2.42. The third kappa shape index (κ3) is 6.48. The smallest absolute Gasteiger partial charge is 0.341 e. The SMILES string of the molecule is O=C(O)COc1ccc(SCC(F)NS(=O)(=O)c2ccc([N+](=O)[O-])cc2)cc1. The van der Waals surface area contributed by atoms with Crippen LogP contribution in [0.5, 0.6) is 5.75 Å². The molecule has 0 saturated heterocycles.